The summed E-state index contributed by atoms with van der Waals surface area (Å²) in [5, 5.41) is 0. The van der Waals surface area contributed by atoms with E-state index in [1.165, 1.54) is 28.9 Å². The molecule has 0 N–H and O–H groups in total. The molecule has 138 valence electrons. The zero-order chi connectivity index (χ0) is 18.9. The lowest BCUT2D eigenvalue weighted by atomic mass is 10.1. The molecule has 3 rings (SSSR count). The Kier molecular flexibility index (Phi) is 5.16. The number of Topliss-reactive ketones (excluding diaryl/α,β-unsaturated/α-hetero) is 1. The first-order valence-corrected chi connectivity index (χ1v) is 10.2. The van der Waals surface area contributed by atoms with E-state index in [0.29, 0.717) is 25.2 Å². The van der Waals surface area contributed by atoms with Crippen molar-refractivity contribution in [1.29, 1.82) is 0 Å². The molecule has 0 unspecified atom stereocenters. The van der Waals surface area contributed by atoms with Crippen LogP contribution in [0.5, 0.6) is 0 Å². The number of sulfonamides is 1. The van der Waals surface area contributed by atoms with Crippen LogP contribution in [0, 0.1) is 6.92 Å². The third kappa shape index (κ3) is 3.66. The number of hydrogen-bond donors (Lipinski definition) is 0. The van der Waals surface area contributed by atoms with Crippen LogP contribution in [0.15, 0.2) is 53.4 Å². The largest absolute Gasteiger partial charge is 0.366 e. The molecule has 0 radical (unpaired) electrons. The molecule has 1 fully saturated rings. The van der Waals surface area contributed by atoms with Gasteiger partial charge >= 0.3 is 0 Å². The Morgan fingerprint density at radius 1 is 1.08 bits per heavy atom. The van der Waals surface area contributed by atoms with Gasteiger partial charge in [-0.25, -0.2) is 8.42 Å². The predicted octanol–water partition coefficient (Wildman–Crippen LogP) is 3.10. The number of rotatable bonds is 4. The van der Waals surface area contributed by atoms with Crippen LogP contribution >= 0.6 is 0 Å². The fourth-order valence-electron chi connectivity index (χ4n) is 3.34. The van der Waals surface area contributed by atoms with E-state index in [-0.39, 0.29) is 16.7 Å². The van der Waals surface area contributed by atoms with Crippen LogP contribution in [-0.4, -0.2) is 44.2 Å². The molecule has 1 aliphatic rings. The van der Waals surface area contributed by atoms with Crippen molar-refractivity contribution >= 4 is 21.5 Å². The number of nitrogens with zero attached hydrogens (tertiary/aromatic N) is 2. The summed E-state index contributed by atoms with van der Waals surface area (Å²) in [7, 11) is -3.56. The van der Waals surface area contributed by atoms with Crippen molar-refractivity contribution in [2.45, 2.75) is 31.7 Å². The van der Waals surface area contributed by atoms with Crippen LogP contribution < -0.4 is 4.90 Å². The highest BCUT2D eigenvalue weighted by atomic mass is 32.2. The van der Waals surface area contributed by atoms with E-state index in [0.717, 1.165) is 5.69 Å². The molecule has 0 aliphatic carbocycles. The predicted molar refractivity (Wildman–Crippen MR) is 103 cm³/mol. The summed E-state index contributed by atoms with van der Waals surface area (Å²) in [6, 6.07) is 14.5. The minimum absolute atomic E-state index is 0.0747. The molecule has 0 amide bonds. The van der Waals surface area contributed by atoms with Crippen molar-refractivity contribution in [3.8, 4) is 0 Å². The van der Waals surface area contributed by atoms with Crippen LogP contribution in [0.25, 0.3) is 0 Å². The van der Waals surface area contributed by atoms with Gasteiger partial charge in [0.05, 0.1) is 4.90 Å². The Hall–Kier alpha value is -2.18. The fraction of sp³-hybridized carbons (Fsp3) is 0.350. The normalized spacial score (nSPS) is 18.7. The average molecular weight is 372 g/mol. The molecule has 6 heteroatoms. The highest BCUT2D eigenvalue weighted by Crippen LogP contribution is 2.25. The first-order valence-electron chi connectivity index (χ1n) is 8.73. The van der Waals surface area contributed by atoms with Crippen LogP contribution in [0.4, 0.5) is 5.69 Å². The molecule has 5 nitrogen and oxygen atoms in total. The van der Waals surface area contributed by atoms with E-state index in [9.17, 15) is 13.2 Å². The van der Waals surface area contributed by atoms with Gasteiger partial charge in [0.15, 0.2) is 5.78 Å². The molecular weight excluding hydrogens is 348 g/mol. The summed E-state index contributed by atoms with van der Waals surface area (Å²) in [6.45, 7) is 7.09. The third-order valence-electron chi connectivity index (χ3n) is 4.82. The lowest BCUT2D eigenvalue weighted by molar-refractivity contribution is 0.101. The van der Waals surface area contributed by atoms with Gasteiger partial charge in [-0.15, -0.1) is 0 Å². The molecule has 1 aliphatic heterocycles. The lowest BCUT2D eigenvalue weighted by Crippen LogP contribution is -2.53. The van der Waals surface area contributed by atoms with Crippen LogP contribution in [-0.2, 0) is 10.0 Å². The standard InChI is InChI=1S/C20H24N2O3S/c1-15-5-4-6-19(13-15)22-12-11-21(14-16(22)2)26(24,25)20-9-7-18(8-10-20)17(3)23/h4-10,13,16H,11-12,14H2,1-3H3/t16-/m1/s1. The van der Waals surface area contributed by atoms with Gasteiger partial charge in [-0.1, -0.05) is 24.3 Å². The Morgan fingerprint density at radius 3 is 2.35 bits per heavy atom. The highest BCUT2D eigenvalue weighted by molar-refractivity contribution is 7.89. The van der Waals surface area contributed by atoms with E-state index in [1.54, 1.807) is 12.1 Å². The monoisotopic (exact) mass is 372 g/mol. The first-order chi connectivity index (χ1) is 12.3. The molecular formula is C20H24N2O3S. The Morgan fingerprint density at radius 2 is 1.77 bits per heavy atom. The van der Waals surface area contributed by atoms with Crippen LogP contribution in [0.1, 0.15) is 29.8 Å². The van der Waals surface area contributed by atoms with Crippen molar-refractivity contribution in [2.24, 2.45) is 0 Å². The van der Waals surface area contributed by atoms with E-state index in [4.69, 9.17) is 0 Å². The van der Waals surface area contributed by atoms with E-state index in [2.05, 4.69) is 30.0 Å². The summed E-state index contributed by atoms with van der Waals surface area (Å²) in [4.78, 5) is 13.9. The van der Waals surface area contributed by atoms with Crippen molar-refractivity contribution < 1.29 is 13.2 Å². The molecule has 1 saturated heterocycles. The van der Waals surface area contributed by atoms with Crippen molar-refractivity contribution in [2.75, 3.05) is 24.5 Å². The second-order valence-electron chi connectivity index (χ2n) is 6.83. The maximum absolute atomic E-state index is 12.9. The van der Waals surface area contributed by atoms with Gasteiger partial charge in [-0.3, -0.25) is 4.79 Å². The maximum Gasteiger partial charge on any atom is 0.243 e. The number of carbonyl (C=O) groups excluding carboxylic acids is 1. The van der Waals surface area contributed by atoms with Crippen LogP contribution in [0.3, 0.4) is 0 Å². The van der Waals surface area contributed by atoms with Crippen LogP contribution in [0.2, 0.25) is 0 Å². The Labute approximate surface area is 155 Å². The molecule has 0 spiro atoms. The Bertz CT molecular complexity index is 907. The quantitative estimate of drug-likeness (QED) is 0.774. The minimum Gasteiger partial charge on any atom is -0.366 e. The van der Waals surface area contributed by atoms with E-state index < -0.39 is 10.0 Å². The molecule has 2 aromatic rings. The summed E-state index contributed by atoms with van der Waals surface area (Å²) in [5.41, 5.74) is 2.83. The summed E-state index contributed by atoms with van der Waals surface area (Å²) in [5.74, 6) is -0.0747. The van der Waals surface area contributed by atoms with Gasteiger partial charge < -0.3 is 4.90 Å². The van der Waals surface area contributed by atoms with Gasteiger partial charge in [-0.2, -0.15) is 4.31 Å². The highest BCUT2D eigenvalue weighted by Gasteiger charge is 2.32. The minimum atomic E-state index is -3.56. The fourth-order valence-corrected chi connectivity index (χ4v) is 4.86. The number of ketones is 1. The number of piperazine rings is 1. The summed E-state index contributed by atoms with van der Waals surface area (Å²) >= 11 is 0. The Balaban J connectivity index is 1.78. The molecule has 0 saturated carbocycles. The topological polar surface area (TPSA) is 57.7 Å². The SMILES string of the molecule is CC(=O)c1ccc(S(=O)(=O)N2CCN(c3cccc(C)c3)[C@H](C)C2)cc1. The van der Waals surface area contributed by atoms with Crippen molar-refractivity contribution in [3.63, 3.8) is 0 Å². The second kappa shape index (κ2) is 7.21. The van der Waals surface area contributed by atoms with Gasteiger partial charge in [0, 0.05) is 36.9 Å². The molecule has 1 atom stereocenters. The molecule has 2 aromatic carbocycles. The zero-order valence-corrected chi connectivity index (χ0v) is 16.2. The lowest BCUT2D eigenvalue weighted by Gasteiger charge is -2.40. The number of carbonyl (C=O) groups is 1. The van der Waals surface area contributed by atoms with Gasteiger partial charge in [0.25, 0.3) is 0 Å². The number of benzene rings is 2. The smallest absolute Gasteiger partial charge is 0.243 e. The molecule has 0 aromatic heterocycles. The summed E-state index contributed by atoms with van der Waals surface area (Å²) in [6.07, 6.45) is 0. The van der Waals surface area contributed by atoms with Gasteiger partial charge in [0.2, 0.25) is 10.0 Å². The van der Waals surface area contributed by atoms with E-state index >= 15 is 0 Å². The van der Waals surface area contributed by atoms with Gasteiger partial charge in [0.1, 0.15) is 0 Å². The number of aryl methyl sites for hydroxylation is 1. The molecule has 1 heterocycles. The number of hydrogen-bond acceptors (Lipinski definition) is 4. The van der Waals surface area contributed by atoms with Gasteiger partial charge in [-0.05, 0) is 50.6 Å². The summed E-state index contributed by atoms with van der Waals surface area (Å²) < 4.78 is 27.4. The third-order valence-corrected chi connectivity index (χ3v) is 6.70. The average Bonchev–Trinajstić information content (AvgIpc) is 2.61. The first kappa shape index (κ1) is 18.6. The molecule has 0 bridgehead atoms. The maximum atomic E-state index is 12.9. The van der Waals surface area contributed by atoms with Crippen molar-refractivity contribution in [3.05, 3.63) is 59.7 Å². The zero-order valence-electron chi connectivity index (χ0n) is 15.3. The van der Waals surface area contributed by atoms with E-state index in [1.807, 2.05) is 13.0 Å². The molecule has 26 heavy (non-hydrogen) atoms. The van der Waals surface area contributed by atoms with Crippen molar-refractivity contribution in [1.82, 2.24) is 4.31 Å². The number of anilines is 1. The second-order valence-corrected chi connectivity index (χ2v) is 8.76.